The minimum Gasteiger partial charge on any atom is -0.369 e. The highest BCUT2D eigenvalue weighted by molar-refractivity contribution is 5.87. The molecular weight excluding hydrogens is 252 g/mol. The van der Waals surface area contributed by atoms with Gasteiger partial charge in [0.1, 0.15) is 6.33 Å². The summed E-state index contributed by atoms with van der Waals surface area (Å²) >= 11 is 0. The Labute approximate surface area is 116 Å². The van der Waals surface area contributed by atoms with Crippen LogP contribution in [0, 0.1) is 0 Å². The minimum atomic E-state index is 0.617. The summed E-state index contributed by atoms with van der Waals surface area (Å²) in [5.41, 5.74) is 1.71. The molecule has 0 radical (unpaired) electrons. The van der Waals surface area contributed by atoms with Crippen molar-refractivity contribution >= 4 is 23.2 Å². The van der Waals surface area contributed by atoms with Crippen molar-refractivity contribution in [3.8, 4) is 5.69 Å². The van der Waals surface area contributed by atoms with E-state index in [0.717, 1.165) is 16.7 Å². The topological polar surface area (TPSA) is 59.2 Å². The molecule has 0 N–H and O–H groups in total. The molecule has 1 aromatic carbocycles. The lowest BCUT2D eigenvalue weighted by Crippen LogP contribution is -2.07. The van der Waals surface area contributed by atoms with Crippen molar-refractivity contribution in [2.24, 2.45) is 4.99 Å². The van der Waals surface area contributed by atoms with E-state index in [1.807, 2.05) is 49.3 Å². The molecule has 3 aromatic rings. The zero-order valence-corrected chi connectivity index (χ0v) is 11.3. The molecule has 3 rings (SSSR count). The molecule has 20 heavy (non-hydrogen) atoms. The van der Waals surface area contributed by atoms with Crippen LogP contribution in [0.2, 0.25) is 0 Å². The van der Waals surface area contributed by atoms with Crippen LogP contribution in [0.5, 0.6) is 0 Å². The monoisotopic (exact) mass is 266 g/mol. The molecule has 0 fully saturated rings. The average Bonchev–Trinajstić information content (AvgIpc) is 2.90. The summed E-state index contributed by atoms with van der Waals surface area (Å²) in [5, 5.41) is 5.21. The first kappa shape index (κ1) is 12.3. The van der Waals surface area contributed by atoms with E-state index in [4.69, 9.17) is 0 Å². The maximum absolute atomic E-state index is 4.38. The number of nitrogens with zero attached hydrogens (tertiary/aromatic N) is 6. The summed E-state index contributed by atoms with van der Waals surface area (Å²) < 4.78 is 1.78. The van der Waals surface area contributed by atoms with E-state index in [0.29, 0.717) is 5.82 Å². The van der Waals surface area contributed by atoms with E-state index in [2.05, 4.69) is 20.1 Å². The molecule has 0 spiro atoms. The molecular formula is C14H14N6. The van der Waals surface area contributed by atoms with Gasteiger partial charge in [-0.1, -0.05) is 18.2 Å². The molecule has 6 heteroatoms. The van der Waals surface area contributed by atoms with Crippen LogP contribution in [0.1, 0.15) is 0 Å². The van der Waals surface area contributed by atoms with Crippen LogP contribution < -0.4 is 0 Å². The summed E-state index contributed by atoms with van der Waals surface area (Å²) in [7, 11) is 3.82. The van der Waals surface area contributed by atoms with Crippen LogP contribution in [0.3, 0.4) is 0 Å². The maximum atomic E-state index is 4.38. The van der Waals surface area contributed by atoms with Crippen LogP contribution in [0.15, 0.2) is 47.8 Å². The van der Waals surface area contributed by atoms with Gasteiger partial charge in [0.2, 0.25) is 0 Å². The van der Waals surface area contributed by atoms with E-state index in [-0.39, 0.29) is 0 Å². The number of benzene rings is 1. The first-order valence-electron chi connectivity index (χ1n) is 6.20. The zero-order chi connectivity index (χ0) is 13.9. The summed E-state index contributed by atoms with van der Waals surface area (Å²) in [6.07, 6.45) is 4.96. The number of hydrogen-bond donors (Lipinski definition) is 0. The largest absolute Gasteiger partial charge is 0.369 e. The molecule has 0 saturated heterocycles. The predicted octanol–water partition coefficient (Wildman–Crippen LogP) is 2.04. The molecule has 0 aliphatic carbocycles. The predicted molar refractivity (Wildman–Crippen MR) is 78.5 cm³/mol. The molecule has 2 heterocycles. The van der Waals surface area contributed by atoms with Crippen molar-refractivity contribution in [2.75, 3.05) is 14.1 Å². The Morgan fingerprint density at radius 2 is 1.95 bits per heavy atom. The number of fused-ring (bicyclic) bond motifs is 1. The second-order valence-electron chi connectivity index (χ2n) is 4.53. The summed E-state index contributed by atoms with van der Waals surface area (Å²) in [6, 6.07) is 9.87. The molecule has 0 aliphatic rings. The lowest BCUT2D eigenvalue weighted by atomic mass is 10.3. The number of rotatable bonds is 3. The van der Waals surface area contributed by atoms with Gasteiger partial charge in [0, 0.05) is 14.1 Å². The summed E-state index contributed by atoms with van der Waals surface area (Å²) in [6.45, 7) is 0. The molecule has 100 valence electrons. The van der Waals surface area contributed by atoms with Gasteiger partial charge in [0.15, 0.2) is 11.5 Å². The van der Waals surface area contributed by atoms with Crippen molar-refractivity contribution in [1.82, 2.24) is 24.6 Å². The van der Waals surface area contributed by atoms with Gasteiger partial charge in [-0.2, -0.15) is 5.10 Å². The Morgan fingerprint density at radius 1 is 1.15 bits per heavy atom. The van der Waals surface area contributed by atoms with E-state index in [1.165, 1.54) is 6.33 Å². The van der Waals surface area contributed by atoms with E-state index in [9.17, 15) is 0 Å². The third-order valence-corrected chi connectivity index (χ3v) is 2.76. The highest BCUT2D eigenvalue weighted by Gasteiger charge is 2.09. The fourth-order valence-corrected chi connectivity index (χ4v) is 1.86. The minimum absolute atomic E-state index is 0.617. The Bertz CT molecular complexity index is 745. The van der Waals surface area contributed by atoms with Crippen LogP contribution in [-0.4, -0.2) is 45.1 Å². The Kier molecular flexibility index (Phi) is 3.12. The third-order valence-electron chi connectivity index (χ3n) is 2.76. The van der Waals surface area contributed by atoms with Crippen molar-refractivity contribution in [3.05, 3.63) is 42.9 Å². The average molecular weight is 266 g/mol. The fourth-order valence-electron chi connectivity index (χ4n) is 1.86. The number of aliphatic imine (C=N–C) groups is 1. The molecule has 0 amide bonds. The van der Waals surface area contributed by atoms with Crippen molar-refractivity contribution in [3.63, 3.8) is 0 Å². The number of para-hydroxylation sites is 1. The third kappa shape index (κ3) is 2.23. The van der Waals surface area contributed by atoms with E-state index < -0.39 is 0 Å². The Morgan fingerprint density at radius 3 is 2.70 bits per heavy atom. The second-order valence-corrected chi connectivity index (χ2v) is 4.53. The van der Waals surface area contributed by atoms with Crippen LogP contribution >= 0.6 is 0 Å². The van der Waals surface area contributed by atoms with Gasteiger partial charge in [0.25, 0.3) is 0 Å². The van der Waals surface area contributed by atoms with Gasteiger partial charge in [0.05, 0.1) is 23.6 Å². The maximum Gasteiger partial charge on any atom is 0.168 e. The van der Waals surface area contributed by atoms with E-state index >= 15 is 0 Å². The zero-order valence-electron chi connectivity index (χ0n) is 11.3. The lowest BCUT2D eigenvalue weighted by molar-refractivity contribution is 0.643. The molecule has 0 bridgehead atoms. The standard InChI is InChI=1S/C14H14N6/c1-19(2)10-17-13-12-8-18-20(14(12)16-9-15-13)11-6-4-3-5-7-11/h3-10H,1-2H3. The smallest absolute Gasteiger partial charge is 0.168 e. The first-order valence-corrected chi connectivity index (χ1v) is 6.20. The lowest BCUT2D eigenvalue weighted by Gasteiger charge is -2.03. The Balaban J connectivity index is 2.13. The number of hydrogen-bond acceptors (Lipinski definition) is 4. The van der Waals surface area contributed by atoms with Crippen LogP contribution in [0.4, 0.5) is 5.82 Å². The van der Waals surface area contributed by atoms with Gasteiger partial charge in [-0.3, -0.25) is 0 Å². The summed E-state index contributed by atoms with van der Waals surface area (Å²) in [5.74, 6) is 0.617. The van der Waals surface area contributed by atoms with Crippen molar-refractivity contribution in [1.29, 1.82) is 0 Å². The van der Waals surface area contributed by atoms with Gasteiger partial charge in [-0.05, 0) is 12.1 Å². The quantitative estimate of drug-likeness (QED) is 0.537. The second kappa shape index (κ2) is 5.08. The first-order chi connectivity index (χ1) is 9.75. The normalized spacial score (nSPS) is 11.3. The molecule has 0 unspecified atom stereocenters. The van der Waals surface area contributed by atoms with Crippen LogP contribution in [-0.2, 0) is 0 Å². The van der Waals surface area contributed by atoms with Crippen LogP contribution in [0.25, 0.3) is 16.7 Å². The molecule has 0 atom stereocenters. The SMILES string of the molecule is CN(C)C=Nc1ncnc2c1cnn2-c1ccccc1. The number of aromatic nitrogens is 4. The van der Waals surface area contributed by atoms with Crippen molar-refractivity contribution in [2.45, 2.75) is 0 Å². The van der Waals surface area contributed by atoms with Gasteiger partial charge < -0.3 is 4.90 Å². The molecule has 0 aliphatic heterocycles. The highest BCUT2D eigenvalue weighted by atomic mass is 15.3. The molecule has 6 nitrogen and oxygen atoms in total. The van der Waals surface area contributed by atoms with E-state index in [1.54, 1.807) is 17.2 Å². The molecule has 2 aromatic heterocycles. The molecule has 0 saturated carbocycles. The fraction of sp³-hybridized carbons (Fsp3) is 0.143. The van der Waals surface area contributed by atoms with Crippen molar-refractivity contribution < 1.29 is 0 Å². The van der Waals surface area contributed by atoms with Gasteiger partial charge >= 0.3 is 0 Å². The summed E-state index contributed by atoms with van der Waals surface area (Å²) in [4.78, 5) is 14.7. The van der Waals surface area contributed by atoms with Gasteiger partial charge in [-0.25, -0.2) is 19.6 Å². The Hall–Kier alpha value is -2.76. The van der Waals surface area contributed by atoms with Gasteiger partial charge in [-0.15, -0.1) is 0 Å². The highest BCUT2D eigenvalue weighted by Crippen LogP contribution is 2.23.